The Kier molecular flexibility index (Phi) is 3.47. The van der Waals surface area contributed by atoms with Crippen LogP contribution in [0.4, 0.5) is 4.39 Å². The maximum absolute atomic E-state index is 13.2. The van der Waals surface area contributed by atoms with Gasteiger partial charge in [0.05, 0.1) is 6.10 Å². The van der Waals surface area contributed by atoms with Gasteiger partial charge in [0.1, 0.15) is 5.82 Å². The van der Waals surface area contributed by atoms with Crippen LogP contribution in [0.1, 0.15) is 30.6 Å². The summed E-state index contributed by atoms with van der Waals surface area (Å²) in [5.74, 6) is -0.775. The van der Waals surface area contributed by atoms with Gasteiger partial charge in [0.15, 0.2) is 0 Å². The Morgan fingerprint density at radius 1 is 1.50 bits per heavy atom. The zero-order valence-electron chi connectivity index (χ0n) is 10.2. The molecule has 0 aromatic heterocycles. The summed E-state index contributed by atoms with van der Waals surface area (Å²) in [6.07, 6.45) is 0.136. The normalized spacial score (nSPS) is 25.4. The minimum atomic E-state index is -0.456. The third kappa shape index (κ3) is 2.42. The predicted molar refractivity (Wildman–Crippen MR) is 69.8 cm³/mol. The number of halogens is 2. The lowest BCUT2D eigenvalue weighted by atomic mass is 9.64. The SMILES string of the molecule is CC1(C)C(O)CC1NC(=O)c1cc(F)cc(Br)c1. The second kappa shape index (κ2) is 4.63. The van der Waals surface area contributed by atoms with E-state index in [-0.39, 0.29) is 22.9 Å². The minimum Gasteiger partial charge on any atom is -0.392 e. The number of aliphatic hydroxyl groups is 1. The van der Waals surface area contributed by atoms with E-state index in [4.69, 9.17) is 0 Å². The van der Waals surface area contributed by atoms with Crippen LogP contribution in [0, 0.1) is 11.2 Å². The van der Waals surface area contributed by atoms with Crippen LogP contribution in [0.5, 0.6) is 0 Å². The standard InChI is InChI=1S/C13H15BrFNO2/c1-13(2)10(6-11(13)17)16-12(18)7-3-8(14)5-9(15)4-7/h3-5,10-11,17H,6H2,1-2H3,(H,16,18). The van der Waals surface area contributed by atoms with Gasteiger partial charge >= 0.3 is 0 Å². The van der Waals surface area contributed by atoms with Crippen molar-refractivity contribution < 1.29 is 14.3 Å². The fourth-order valence-corrected chi connectivity index (χ4v) is 2.54. The van der Waals surface area contributed by atoms with Crippen molar-refractivity contribution in [3.63, 3.8) is 0 Å². The number of hydrogen-bond donors (Lipinski definition) is 2. The maximum Gasteiger partial charge on any atom is 0.251 e. The van der Waals surface area contributed by atoms with Crippen molar-refractivity contribution >= 4 is 21.8 Å². The molecule has 1 fully saturated rings. The second-order valence-corrected chi connectivity index (χ2v) is 6.17. The molecule has 1 aromatic rings. The number of aliphatic hydroxyl groups excluding tert-OH is 1. The van der Waals surface area contributed by atoms with Crippen LogP contribution in [0.2, 0.25) is 0 Å². The van der Waals surface area contributed by atoms with E-state index in [9.17, 15) is 14.3 Å². The number of nitrogens with one attached hydrogen (secondary N) is 1. The number of hydrogen-bond acceptors (Lipinski definition) is 2. The van der Waals surface area contributed by atoms with E-state index in [2.05, 4.69) is 21.2 Å². The van der Waals surface area contributed by atoms with Crippen LogP contribution in [0.25, 0.3) is 0 Å². The summed E-state index contributed by atoms with van der Waals surface area (Å²) in [6.45, 7) is 3.79. The lowest BCUT2D eigenvalue weighted by Gasteiger charge is -2.49. The monoisotopic (exact) mass is 315 g/mol. The zero-order valence-corrected chi connectivity index (χ0v) is 11.8. The third-order valence-electron chi connectivity index (χ3n) is 3.65. The van der Waals surface area contributed by atoms with E-state index in [0.717, 1.165) is 0 Å². The van der Waals surface area contributed by atoms with Crippen LogP contribution in [-0.4, -0.2) is 23.2 Å². The lowest BCUT2D eigenvalue weighted by Crippen LogP contribution is -2.61. The molecule has 2 atom stereocenters. The van der Waals surface area contributed by atoms with Crippen LogP contribution in [-0.2, 0) is 0 Å². The van der Waals surface area contributed by atoms with Gasteiger partial charge in [0, 0.05) is 21.5 Å². The topological polar surface area (TPSA) is 49.3 Å². The third-order valence-corrected chi connectivity index (χ3v) is 4.10. The summed E-state index contributed by atoms with van der Waals surface area (Å²) >= 11 is 3.15. The Balaban J connectivity index is 2.09. The number of rotatable bonds is 2. The van der Waals surface area contributed by atoms with E-state index in [1.165, 1.54) is 12.1 Å². The molecule has 1 amide bonds. The first-order valence-electron chi connectivity index (χ1n) is 5.75. The van der Waals surface area contributed by atoms with Crippen molar-refractivity contribution in [3.05, 3.63) is 34.1 Å². The molecule has 1 aliphatic carbocycles. The molecule has 0 aliphatic heterocycles. The van der Waals surface area contributed by atoms with Gasteiger partial charge in [0.25, 0.3) is 5.91 Å². The van der Waals surface area contributed by atoms with Gasteiger partial charge in [-0.25, -0.2) is 4.39 Å². The summed E-state index contributed by atoms with van der Waals surface area (Å²) in [7, 11) is 0. The molecule has 2 rings (SSSR count). The number of amides is 1. The molecule has 2 unspecified atom stereocenters. The Morgan fingerprint density at radius 3 is 2.67 bits per heavy atom. The molecular weight excluding hydrogens is 301 g/mol. The van der Waals surface area contributed by atoms with Crippen LogP contribution in [0.15, 0.2) is 22.7 Å². The average Bonchev–Trinajstić information content (AvgIpc) is 2.27. The molecule has 0 heterocycles. The van der Waals surface area contributed by atoms with E-state index < -0.39 is 11.9 Å². The van der Waals surface area contributed by atoms with Gasteiger partial charge in [-0.15, -0.1) is 0 Å². The van der Waals surface area contributed by atoms with E-state index in [1.807, 2.05) is 13.8 Å². The Bertz CT molecular complexity index is 470. The Morgan fingerprint density at radius 2 is 2.17 bits per heavy atom. The fraction of sp³-hybridized carbons (Fsp3) is 0.462. The van der Waals surface area contributed by atoms with Crippen LogP contribution < -0.4 is 5.32 Å². The molecular formula is C13H15BrFNO2. The van der Waals surface area contributed by atoms with E-state index in [0.29, 0.717) is 10.9 Å². The van der Waals surface area contributed by atoms with Gasteiger partial charge < -0.3 is 10.4 Å². The molecule has 0 bridgehead atoms. The van der Waals surface area contributed by atoms with Gasteiger partial charge in [0.2, 0.25) is 0 Å². The lowest BCUT2D eigenvalue weighted by molar-refractivity contribution is -0.0689. The molecule has 3 nitrogen and oxygen atoms in total. The maximum atomic E-state index is 13.2. The first kappa shape index (κ1) is 13.5. The highest BCUT2D eigenvalue weighted by Crippen LogP contribution is 2.40. The van der Waals surface area contributed by atoms with E-state index in [1.54, 1.807) is 6.07 Å². The van der Waals surface area contributed by atoms with Crippen molar-refractivity contribution in [2.75, 3.05) is 0 Å². The van der Waals surface area contributed by atoms with Crippen molar-refractivity contribution in [3.8, 4) is 0 Å². The Hall–Kier alpha value is -0.940. The molecule has 1 aliphatic rings. The van der Waals surface area contributed by atoms with Crippen molar-refractivity contribution in [1.82, 2.24) is 5.32 Å². The largest absolute Gasteiger partial charge is 0.392 e. The average molecular weight is 316 g/mol. The highest BCUT2D eigenvalue weighted by molar-refractivity contribution is 9.10. The van der Waals surface area contributed by atoms with Crippen molar-refractivity contribution in [1.29, 1.82) is 0 Å². The molecule has 1 aromatic carbocycles. The molecule has 0 radical (unpaired) electrons. The summed E-state index contributed by atoms with van der Waals surface area (Å²) < 4.78 is 13.7. The highest BCUT2D eigenvalue weighted by atomic mass is 79.9. The number of carbonyl (C=O) groups excluding carboxylic acids is 1. The predicted octanol–water partition coefficient (Wildman–Crippen LogP) is 2.48. The highest BCUT2D eigenvalue weighted by Gasteiger charge is 2.47. The summed E-state index contributed by atoms with van der Waals surface area (Å²) in [5.41, 5.74) is -0.0562. The first-order valence-corrected chi connectivity index (χ1v) is 6.55. The molecule has 0 spiro atoms. The second-order valence-electron chi connectivity index (χ2n) is 5.26. The van der Waals surface area contributed by atoms with Gasteiger partial charge in [-0.2, -0.15) is 0 Å². The van der Waals surface area contributed by atoms with Gasteiger partial charge in [-0.1, -0.05) is 29.8 Å². The van der Waals surface area contributed by atoms with Gasteiger partial charge in [-0.05, 0) is 24.6 Å². The van der Waals surface area contributed by atoms with Gasteiger partial charge in [-0.3, -0.25) is 4.79 Å². The summed E-state index contributed by atoms with van der Waals surface area (Å²) in [4.78, 5) is 12.0. The molecule has 2 N–H and O–H groups in total. The molecule has 0 saturated heterocycles. The quantitative estimate of drug-likeness (QED) is 0.881. The Labute approximate surface area is 114 Å². The van der Waals surface area contributed by atoms with Crippen molar-refractivity contribution in [2.45, 2.75) is 32.4 Å². The molecule has 1 saturated carbocycles. The number of benzene rings is 1. The number of carbonyl (C=O) groups is 1. The molecule has 98 valence electrons. The molecule has 5 heteroatoms. The first-order chi connectivity index (χ1) is 8.30. The molecule has 18 heavy (non-hydrogen) atoms. The van der Waals surface area contributed by atoms with E-state index >= 15 is 0 Å². The summed E-state index contributed by atoms with van der Waals surface area (Å²) in [5, 5.41) is 12.4. The fourth-order valence-electron chi connectivity index (χ4n) is 2.07. The minimum absolute atomic E-state index is 0.0814. The van der Waals surface area contributed by atoms with Crippen LogP contribution >= 0.6 is 15.9 Å². The van der Waals surface area contributed by atoms with Crippen LogP contribution in [0.3, 0.4) is 0 Å². The smallest absolute Gasteiger partial charge is 0.251 e. The van der Waals surface area contributed by atoms with Crippen molar-refractivity contribution in [2.24, 2.45) is 5.41 Å². The zero-order chi connectivity index (χ0) is 13.5. The summed E-state index contributed by atoms with van der Waals surface area (Å²) in [6, 6.07) is 3.98.